The molecule has 0 N–H and O–H groups in total. The lowest BCUT2D eigenvalue weighted by molar-refractivity contribution is -0.139. The van der Waals surface area contributed by atoms with Crippen LogP contribution in [0, 0.1) is 6.92 Å². The van der Waals surface area contributed by atoms with Crippen molar-refractivity contribution in [2.24, 2.45) is 0 Å². The number of halogens is 11. The summed E-state index contributed by atoms with van der Waals surface area (Å²) in [7, 11) is -0.406. The standard InChI is InChI=1S/C20H17F5N4O2.C19H14ClF5N4O2.C3H9B3O3/c1-12-14(20(23,24)25)4-5-16(27-12)31-15-11-29(9-6-19(15,21)22)18(30)13-3-2-8-28-10-7-26-17(13)28;20-15-12(19(23,24)25)3-4-14(27-15)31-13-10-29(8-5-18(13,21)22)17(30)11-2-1-7-28-9-6-26-16(11)28;1-4-7-5(2)9-6(3)8-4/h2-5,7-8,10,15H,6,9,11H2,1H3;1-4,6-7,9,13H,5,8,10H2;1-3H3/t15-;13-;/m00./s1. The number of pyridine rings is 4. The third kappa shape index (κ3) is 12.5. The highest BCUT2D eigenvalue weighted by Crippen LogP contribution is 2.38. The molecular formula is C42H40B3ClF10N8O7. The number of carbonyl (C=O) groups is 2. The summed E-state index contributed by atoms with van der Waals surface area (Å²) in [4.78, 5) is 43.7. The molecule has 0 aromatic carbocycles. The predicted molar refractivity (Wildman–Crippen MR) is 236 cm³/mol. The van der Waals surface area contributed by atoms with Gasteiger partial charge in [0.2, 0.25) is 11.8 Å². The summed E-state index contributed by atoms with van der Waals surface area (Å²) in [6.45, 7) is 5.32. The SMILES string of the molecule is CB1OB(C)OB(C)O1.Cc1nc(O[C@H]2CN(C(=O)c3cccn4ccnc34)CCC2(F)F)ccc1C(F)(F)F.O=C(c1cccn2ccnc12)N1CCC(F)(F)[C@@H](Oc2ccc(C(F)(F)F)c(Cl)n2)C1. The van der Waals surface area contributed by atoms with Crippen LogP contribution in [-0.4, -0.2) is 122 Å². The van der Waals surface area contributed by atoms with Gasteiger partial charge in [-0.3, -0.25) is 9.59 Å². The number of aryl methyl sites for hydroxylation is 1. The number of rotatable bonds is 6. The van der Waals surface area contributed by atoms with E-state index in [1.165, 1.54) is 28.3 Å². The molecule has 15 nitrogen and oxygen atoms in total. The number of nitrogens with zero attached hydrogens (tertiary/aromatic N) is 8. The molecule has 9 heterocycles. The highest BCUT2D eigenvalue weighted by atomic mass is 35.5. The number of alkyl halides is 10. The maximum absolute atomic E-state index is 14.5. The second-order valence-corrected chi connectivity index (χ2v) is 16.6. The Bertz CT molecular complexity index is 2660. The van der Waals surface area contributed by atoms with Crippen molar-refractivity contribution in [2.75, 3.05) is 26.2 Å². The van der Waals surface area contributed by atoms with Crippen LogP contribution in [0.25, 0.3) is 11.3 Å². The number of carbonyl (C=O) groups excluding carboxylic acids is 2. The number of hydrogen-bond donors (Lipinski definition) is 0. The van der Waals surface area contributed by atoms with Gasteiger partial charge in [-0.2, -0.15) is 26.3 Å². The first-order chi connectivity index (χ1) is 33.3. The van der Waals surface area contributed by atoms with Gasteiger partial charge >= 0.3 is 33.7 Å². The number of imidazole rings is 2. The molecule has 0 spiro atoms. The van der Waals surface area contributed by atoms with Gasteiger partial charge in [0.15, 0.2) is 12.2 Å². The lowest BCUT2D eigenvalue weighted by Gasteiger charge is -2.38. The number of hydrogen-bond acceptors (Lipinski definition) is 11. The van der Waals surface area contributed by atoms with Gasteiger partial charge in [-0.1, -0.05) is 11.6 Å². The monoisotopic (exact) mass is 1030 g/mol. The van der Waals surface area contributed by atoms with Crippen molar-refractivity contribution in [3.63, 3.8) is 0 Å². The molecule has 3 aliphatic heterocycles. The molecule has 376 valence electrons. The first-order valence-electron chi connectivity index (χ1n) is 21.6. The van der Waals surface area contributed by atoms with Crippen molar-refractivity contribution in [1.82, 2.24) is 38.5 Å². The van der Waals surface area contributed by atoms with Crippen molar-refractivity contribution in [2.45, 2.75) is 76.6 Å². The molecule has 71 heavy (non-hydrogen) atoms. The average molecular weight is 1030 g/mol. The summed E-state index contributed by atoms with van der Waals surface area (Å²) in [5.74, 6) is -8.47. The molecule has 3 fully saturated rings. The summed E-state index contributed by atoms with van der Waals surface area (Å²) in [6, 6.07) is 9.41. The molecule has 9 rings (SSSR count). The summed E-state index contributed by atoms with van der Waals surface area (Å²) in [6.07, 6.45) is -4.56. The summed E-state index contributed by atoms with van der Waals surface area (Å²) in [5.41, 5.74) is -1.32. The molecule has 0 bridgehead atoms. The van der Waals surface area contributed by atoms with Crippen molar-refractivity contribution in [3.05, 3.63) is 119 Å². The molecule has 0 unspecified atom stereocenters. The number of likely N-dealkylation sites (tertiary alicyclic amines) is 2. The largest absolute Gasteiger partial charge is 0.466 e. The fraction of sp³-hybridized carbons (Fsp3) is 0.381. The van der Waals surface area contributed by atoms with Gasteiger partial charge in [-0.25, -0.2) is 37.5 Å². The molecule has 2 amide bonds. The third-order valence-electron chi connectivity index (χ3n) is 11.2. The lowest BCUT2D eigenvalue weighted by atomic mass is 9.74. The number of piperidine rings is 2. The van der Waals surface area contributed by atoms with Crippen molar-refractivity contribution in [1.29, 1.82) is 0 Å². The lowest BCUT2D eigenvalue weighted by Crippen LogP contribution is -2.55. The van der Waals surface area contributed by atoms with Crippen LogP contribution in [0.3, 0.4) is 0 Å². The zero-order valence-corrected chi connectivity index (χ0v) is 38.6. The van der Waals surface area contributed by atoms with Crippen LogP contribution in [0.1, 0.15) is 50.4 Å². The zero-order valence-electron chi connectivity index (χ0n) is 37.8. The molecule has 0 saturated carbocycles. The van der Waals surface area contributed by atoms with Crippen LogP contribution < -0.4 is 9.47 Å². The Morgan fingerprint density at radius 3 is 1.45 bits per heavy atom. The van der Waals surface area contributed by atoms with Crippen LogP contribution in [0.5, 0.6) is 11.8 Å². The minimum absolute atomic E-state index is 0.135. The van der Waals surface area contributed by atoms with Crippen LogP contribution in [0.4, 0.5) is 43.9 Å². The summed E-state index contributed by atoms with van der Waals surface area (Å²) in [5, 5.41) is -0.914. The fourth-order valence-electron chi connectivity index (χ4n) is 7.72. The Morgan fingerprint density at radius 2 is 1.06 bits per heavy atom. The van der Waals surface area contributed by atoms with E-state index in [4.69, 9.17) is 34.8 Å². The van der Waals surface area contributed by atoms with E-state index >= 15 is 0 Å². The normalized spacial score (nSPS) is 19.2. The molecule has 29 heteroatoms. The van der Waals surface area contributed by atoms with Gasteiger partial charge in [0.05, 0.1) is 41.0 Å². The Morgan fingerprint density at radius 1 is 0.648 bits per heavy atom. The van der Waals surface area contributed by atoms with Crippen LogP contribution in [0.2, 0.25) is 25.6 Å². The van der Waals surface area contributed by atoms with Gasteiger partial charge in [0, 0.05) is 75.2 Å². The fourth-order valence-corrected chi connectivity index (χ4v) is 7.98. The van der Waals surface area contributed by atoms with Gasteiger partial charge in [-0.05, 0) is 63.8 Å². The molecule has 3 aliphatic rings. The molecule has 0 aliphatic carbocycles. The summed E-state index contributed by atoms with van der Waals surface area (Å²) < 4.78 is 164. The average Bonchev–Trinajstić information content (AvgIpc) is 3.97. The third-order valence-corrected chi connectivity index (χ3v) is 11.5. The van der Waals surface area contributed by atoms with Crippen LogP contribution in [-0.2, 0) is 26.1 Å². The molecule has 2 atom stereocenters. The van der Waals surface area contributed by atoms with E-state index in [-0.39, 0.29) is 57.1 Å². The van der Waals surface area contributed by atoms with Crippen molar-refractivity contribution < 1.29 is 76.7 Å². The maximum Gasteiger partial charge on any atom is 0.426 e. The highest BCUT2D eigenvalue weighted by molar-refractivity contribution is 6.72. The Kier molecular flexibility index (Phi) is 15.5. The van der Waals surface area contributed by atoms with Crippen molar-refractivity contribution in [3.8, 4) is 11.8 Å². The van der Waals surface area contributed by atoms with E-state index in [9.17, 15) is 53.5 Å². The van der Waals surface area contributed by atoms with Crippen molar-refractivity contribution >= 4 is 56.1 Å². The quantitative estimate of drug-likeness (QED) is 0.0897. The molecular weight excluding hydrogens is 986 g/mol. The first kappa shape index (κ1) is 52.7. The number of amides is 2. The highest BCUT2D eigenvalue weighted by Gasteiger charge is 2.49. The Balaban J connectivity index is 0.000000178. The zero-order chi connectivity index (χ0) is 51.6. The number of aromatic nitrogens is 6. The molecule has 0 radical (unpaired) electrons. The first-order valence-corrected chi connectivity index (χ1v) is 21.9. The van der Waals surface area contributed by atoms with Crippen LogP contribution >= 0.6 is 11.6 Å². The predicted octanol–water partition coefficient (Wildman–Crippen LogP) is 8.72. The summed E-state index contributed by atoms with van der Waals surface area (Å²) >= 11 is 5.53. The van der Waals surface area contributed by atoms with E-state index < -0.39 is 96.3 Å². The van der Waals surface area contributed by atoms with E-state index in [0.717, 1.165) is 25.1 Å². The molecule has 3 saturated heterocycles. The molecule has 6 aromatic rings. The Labute approximate surface area is 403 Å². The van der Waals surface area contributed by atoms with Gasteiger partial charge in [0.1, 0.15) is 16.4 Å². The topological polar surface area (TPSA) is 147 Å². The van der Waals surface area contributed by atoms with E-state index in [2.05, 4.69) is 19.9 Å². The minimum atomic E-state index is -4.74. The van der Waals surface area contributed by atoms with E-state index in [1.807, 2.05) is 20.5 Å². The second kappa shape index (κ2) is 20.9. The van der Waals surface area contributed by atoms with E-state index in [1.54, 1.807) is 51.8 Å². The second-order valence-electron chi connectivity index (χ2n) is 16.3. The maximum atomic E-state index is 14.5. The molecule has 6 aromatic heterocycles. The van der Waals surface area contributed by atoms with Gasteiger partial charge in [0.25, 0.3) is 23.7 Å². The van der Waals surface area contributed by atoms with E-state index in [0.29, 0.717) is 17.4 Å². The Hall–Kier alpha value is -6.12. The van der Waals surface area contributed by atoms with Gasteiger partial charge < -0.3 is 41.8 Å². The number of fused-ring (bicyclic) bond motifs is 2. The van der Waals surface area contributed by atoms with Gasteiger partial charge in [-0.15, -0.1) is 0 Å². The smallest absolute Gasteiger partial charge is 0.426 e. The number of ether oxygens (including phenoxy) is 2. The minimum Gasteiger partial charge on any atom is -0.466 e. The van der Waals surface area contributed by atoms with Crippen LogP contribution in [0.15, 0.2) is 85.7 Å².